The minimum absolute atomic E-state index is 0.0393. The fourth-order valence-electron chi connectivity index (χ4n) is 4.89. The lowest BCUT2D eigenvalue weighted by molar-refractivity contribution is -0.288. The van der Waals surface area contributed by atoms with Gasteiger partial charge in [-0.05, 0) is 29.8 Å². The van der Waals surface area contributed by atoms with Gasteiger partial charge in [0.2, 0.25) is 17.8 Å². The number of fused-ring (bicyclic) bond motifs is 1. The lowest BCUT2D eigenvalue weighted by Crippen LogP contribution is -2.63. The molecule has 0 saturated carbocycles. The molecule has 47 heavy (non-hydrogen) atoms. The van der Waals surface area contributed by atoms with Crippen LogP contribution in [-0.2, 0) is 47.7 Å². The van der Waals surface area contributed by atoms with Crippen molar-refractivity contribution in [3.05, 3.63) is 52.9 Å². The third-order valence-electron chi connectivity index (χ3n) is 6.70. The van der Waals surface area contributed by atoms with Crippen molar-refractivity contribution < 1.29 is 66.3 Å². The van der Waals surface area contributed by atoms with Crippen LogP contribution < -0.4 is 19.6 Å². The van der Waals surface area contributed by atoms with Gasteiger partial charge in [-0.2, -0.15) is 0 Å². The molecule has 0 aliphatic carbocycles. The molecule has 5 atom stereocenters. The van der Waals surface area contributed by atoms with Crippen molar-refractivity contribution in [3.8, 4) is 28.4 Å². The number of benzene rings is 2. The van der Waals surface area contributed by atoms with Crippen LogP contribution in [0.3, 0.4) is 0 Å². The third-order valence-corrected chi connectivity index (χ3v) is 6.70. The normalized spacial score (nSPS) is 20.4. The molecule has 1 aliphatic heterocycles. The first-order valence-corrected chi connectivity index (χ1v) is 14.2. The van der Waals surface area contributed by atoms with E-state index in [0.29, 0.717) is 11.3 Å². The first kappa shape index (κ1) is 34.4. The molecule has 1 aliphatic rings. The second kappa shape index (κ2) is 14.8. The predicted molar refractivity (Wildman–Crippen MR) is 158 cm³/mol. The molecule has 2 aromatic carbocycles. The van der Waals surface area contributed by atoms with Gasteiger partial charge in [0.25, 0.3) is 0 Å². The number of carbonyl (C=O) groups is 5. The van der Waals surface area contributed by atoms with Gasteiger partial charge in [0, 0.05) is 34.6 Å². The van der Waals surface area contributed by atoms with E-state index in [1.807, 2.05) is 0 Å². The van der Waals surface area contributed by atoms with Crippen LogP contribution in [-0.4, -0.2) is 74.3 Å². The Morgan fingerprint density at radius 3 is 1.94 bits per heavy atom. The first-order valence-electron chi connectivity index (χ1n) is 14.2. The summed E-state index contributed by atoms with van der Waals surface area (Å²) in [5, 5.41) is -0.170. The molecular formula is C32H32O15. The van der Waals surface area contributed by atoms with Crippen molar-refractivity contribution in [1.82, 2.24) is 0 Å². The van der Waals surface area contributed by atoms with Crippen molar-refractivity contribution in [3.63, 3.8) is 0 Å². The van der Waals surface area contributed by atoms with Gasteiger partial charge < -0.3 is 42.3 Å². The van der Waals surface area contributed by atoms with Crippen molar-refractivity contribution >= 4 is 40.8 Å². The van der Waals surface area contributed by atoms with Gasteiger partial charge in [-0.3, -0.25) is 28.8 Å². The molecule has 0 unspecified atom stereocenters. The smallest absolute Gasteiger partial charge is 0.308 e. The van der Waals surface area contributed by atoms with Gasteiger partial charge in [0.1, 0.15) is 35.7 Å². The van der Waals surface area contributed by atoms with Crippen LogP contribution in [0.5, 0.6) is 17.2 Å². The van der Waals surface area contributed by atoms with Crippen molar-refractivity contribution in [2.45, 2.75) is 65.3 Å². The molecule has 0 spiro atoms. The molecule has 4 rings (SSSR count). The Kier molecular flexibility index (Phi) is 10.8. The number of methoxy groups -OCH3 is 1. The van der Waals surface area contributed by atoms with Crippen LogP contribution in [0.4, 0.5) is 0 Å². The van der Waals surface area contributed by atoms with Crippen LogP contribution in [0.2, 0.25) is 0 Å². The maximum Gasteiger partial charge on any atom is 0.308 e. The molecule has 15 nitrogen and oxygen atoms in total. The zero-order valence-electron chi connectivity index (χ0n) is 26.3. The fourth-order valence-corrected chi connectivity index (χ4v) is 4.89. The van der Waals surface area contributed by atoms with Crippen LogP contribution in [0, 0.1) is 0 Å². The van der Waals surface area contributed by atoms with Gasteiger partial charge in [0.15, 0.2) is 23.7 Å². The largest absolute Gasteiger partial charge is 0.497 e. The molecule has 1 fully saturated rings. The first-order chi connectivity index (χ1) is 22.3. The quantitative estimate of drug-likeness (QED) is 0.176. The Labute approximate surface area is 267 Å². The van der Waals surface area contributed by atoms with E-state index in [1.165, 1.54) is 25.5 Å². The Hall–Kier alpha value is -5.44. The maximum absolute atomic E-state index is 13.9. The van der Waals surface area contributed by atoms with Gasteiger partial charge in [-0.1, -0.05) is 12.1 Å². The molecular weight excluding hydrogens is 624 g/mol. The predicted octanol–water partition coefficient (Wildman–Crippen LogP) is 2.86. The van der Waals surface area contributed by atoms with Crippen LogP contribution in [0.15, 0.2) is 51.9 Å². The van der Waals surface area contributed by atoms with Crippen molar-refractivity contribution in [2.24, 2.45) is 0 Å². The molecule has 1 aromatic heterocycles. The summed E-state index contributed by atoms with van der Waals surface area (Å²) in [5.74, 6) is -4.07. The molecule has 1 saturated heterocycles. The Morgan fingerprint density at radius 1 is 0.745 bits per heavy atom. The summed E-state index contributed by atoms with van der Waals surface area (Å²) < 4.78 is 49.8. The van der Waals surface area contributed by atoms with Gasteiger partial charge >= 0.3 is 29.8 Å². The van der Waals surface area contributed by atoms with Gasteiger partial charge in [0.05, 0.1) is 12.7 Å². The van der Waals surface area contributed by atoms with E-state index in [4.69, 9.17) is 42.3 Å². The monoisotopic (exact) mass is 656 g/mol. The average molecular weight is 657 g/mol. The molecule has 0 bridgehead atoms. The summed E-state index contributed by atoms with van der Waals surface area (Å²) in [6.45, 7) is 4.97. The molecule has 0 N–H and O–H groups in total. The third kappa shape index (κ3) is 8.24. The molecule has 3 aromatic rings. The minimum Gasteiger partial charge on any atom is -0.497 e. The van der Waals surface area contributed by atoms with E-state index in [0.717, 1.165) is 34.6 Å². The molecule has 0 radical (unpaired) electrons. The Bertz CT molecular complexity index is 1720. The highest BCUT2D eigenvalue weighted by atomic mass is 16.7. The van der Waals surface area contributed by atoms with Crippen LogP contribution in [0.25, 0.3) is 22.1 Å². The fraction of sp³-hybridized carbons (Fsp3) is 0.375. The van der Waals surface area contributed by atoms with Crippen LogP contribution in [0.1, 0.15) is 34.6 Å². The molecule has 2 heterocycles. The lowest BCUT2D eigenvalue weighted by atomic mass is 9.98. The summed E-state index contributed by atoms with van der Waals surface area (Å²) >= 11 is 0. The van der Waals surface area contributed by atoms with E-state index in [-0.39, 0.29) is 28.0 Å². The standard InChI is InChI=1S/C32H32O15/c1-15(33)40-14-25-29(43-17(3)35)30(44-18(4)36)31(45-19(5)37)32(47-25)46-24-12-11-23-26(28(24)42-16(2)34)27(38)22(13-41-23)20-7-9-21(39-6)10-8-20/h7-13,25,29-32H,14H2,1-6H3/t25-,29-,30+,31+,32-/m1/s1. The van der Waals surface area contributed by atoms with Gasteiger partial charge in [-0.25, -0.2) is 0 Å². The summed E-state index contributed by atoms with van der Waals surface area (Å²) in [4.78, 5) is 74.3. The van der Waals surface area contributed by atoms with Crippen molar-refractivity contribution in [1.29, 1.82) is 0 Å². The number of ether oxygens (including phenoxy) is 8. The second-order valence-electron chi connectivity index (χ2n) is 10.3. The summed E-state index contributed by atoms with van der Waals surface area (Å²) in [5.41, 5.74) is 0.0520. The highest BCUT2D eigenvalue weighted by molar-refractivity contribution is 5.91. The van der Waals surface area contributed by atoms with E-state index in [2.05, 4.69) is 0 Å². The van der Waals surface area contributed by atoms with E-state index in [1.54, 1.807) is 24.3 Å². The summed E-state index contributed by atoms with van der Waals surface area (Å²) in [7, 11) is 1.50. The number of esters is 5. The zero-order valence-corrected chi connectivity index (χ0v) is 26.3. The highest BCUT2D eigenvalue weighted by Crippen LogP contribution is 2.39. The number of rotatable bonds is 10. The zero-order chi connectivity index (χ0) is 34.4. The molecule has 250 valence electrons. The van der Waals surface area contributed by atoms with E-state index < -0.39 is 72.6 Å². The summed E-state index contributed by atoms with van der Waals surface area (Å²) in [6, 6.07) is 9.26. The van der Waals surface area contributed by atoms with E-state index in [9.17, 15) is 28.8 Å². The highest BCUT2D eigenvalue weighted by Gasteiger charge is 2.53. The molecule has 15 heteroatoms. The minimum atomic E-state index is -1.67. The van der Waals surface area contributed by atoms with E-state index >= 15 is 0 Å². The van der Waals surface area contributed by atoms with Gasteiger partial charge in [-0.15, -0.1) is 0 Å². The number of hydrogen-bond donors (Lipinski definition) is 0. The van der Waals surface area contributed by atoms with Crippen LogP contribution >= 0.6 is 0 Å². The summed E-state index contributed by atoms with van der Waals surface area (Å²) in [6.07, 6.45) is -6.26. The second-order valence-corrected chi connectivity index (χ2v) is 10.3. The Morgan fingerprint density at radius 2 is 1.36 bits per heavy atom. The number of carbonyl (C=O) groups excluding carboxylic acids is 5. The average Bonchev–Trinajstić information content (AvgIpc) is 2.99. The topological polar surface area (TPSA) is 189 Å². The Balaban J connectivity index is 1.86. The molecule has 0 amide bonds. The number of hydrogen-bond acceptors (Lipinski definition) is 15. The lowest BCUT2D eigenvalue weighted by Gasteiger charge is -2.44. The van der Waals surface area contributed by atoms with Crippen molar-refractivity contribution in [2.75, 3.05) is 13.7 Å². The maximum atomic E-state index is 13.9. The SMILES string of the molecule is COc1ccc(-c2coc3ccc(O[C@@H]4O[C@H](COC(C)=O)[C@@H](OC(C)=O)[C@H](OC(C)=O)[C@@H]4OC(C)=O)c(OC(C)=O)c3c2=O)cc1.